The van der Waals surface area contributed by atoms with E-state index in [4.69, 9.17) is 14.2 Å². The van der Waals surface area contributed by atoms with Crippen LogP contribution in [0.2, 0.25) is 0 Å². The van der Waals surface area contributed by atoms with E-state index in [1.807, 2.05) is 0 Å². The minimum atomic E-state index is -0.426. The largest absolute Gasteiger partial charge is 0.462 e. The van der Waals surface area contributed by atoms with Gasteiger partial charge in [-0.3, -0.25) is 0 Å². The monoisotopic (exact) mass is 266 g/mol. The Morgan fingerprint density at radius 1 is 1.05 bits per heavy atom. The van der Waals surface area contributed by atoms with E-state index in [0.29, 0.717) is 29.9 Å². The van der Waals surface area contributed by atoms with Crippen molar-refractivity contribution in [3.63, 3.8) is 0 Å². The summed E-state index contributed by atoms with van der Waals surface area (Å²) in [5, 5.41) is 0. The number of hydrogen-bond donors (Lipinski definition) is 0. The average molecular weight is 266 g/mol. The summed E-state index contributed by atoms with van der Waals surface area (Å²) in [7, 11) is 1.52. The second-order valence-corrected chi connectivity index (χ2v) is 3.75. The smallest absolute Gasteiger partial charge is 0.338 e. The fraction of sp³-hybridized carbons (Fsp3) is 0.429. The Labute approximate surface area is 112 Å². The van der Waals surface area contributed by atoms with E-state index in [-0.39, 0.29) is 6.61 Å². The number of carbonyl (C=O) groups is 2. The van der Waals surface area contributed by atoms with Crippen LogP contribution in [0.3, 0.4) is 0 Å². The third-order valence-electron chi connectivity index (χ3n) is 2.41. The fourth-order valence-corrected chi connectivity index (χ4v) is 1.62. The first-order valence-electron chi connectivity index (χ1n) is 6.10. The molecular weight excluding hydrogens is 248 g/mol. The number of esters is 2. The van der Waals surface area contributed by atoms with Crippen molar-refractivity contribution in [2.45, 2.75) is 20.5 Å². The van der Waals surface area contributed by atoms with Gasteiger partial charge in [-0.15, -0.1) is 0 Å². The van der Waals surface area contributed by atoms with Gasteiger partial charge in [-0.1, -0.05) is 0 Å². The van der Waals surface area contributed by atoms with Gasteiger partial charge < -0.3 is 14.2 Å². The zero-order valence-corrected chi connectivity index (χ0v) is 11.4. The first kappa shape index (κ1) is 15.2. The van der Waals surface area contributed by atoms with Gasteiger partial charge >= 0.3 is 11.9 Å². The number of carbonyl (C=O) groups excluding carboxylic acids is 2. The van der Waals surface area contributed by atoms with Crippen LogP contribution >= 0.6 is 0 Å². The highest BCUT2D eigenvalue weighted by atomic mass is 16.5. The third-order valence-corrected chi connectivity index (χ3v) is 2.41. The summed E-state index contributed by atoms with van der Waals surface area (Å²) in [5.74, 6) is -0.847. The quantitative estimate of drug-likeness (QED) is 0.738. The molecule has 0 aliphatic carbocycles. The molecule has 104 valence electrons. The van der Waals surface area contributed by atoms with Gasteiger partial charge in [-0.25, -0.2) is 9.59 Å². The molecule has 0 aromatic heterocycles. The molecule has 0 aliphatic heterocycles. The van der Waals surface area contributed by atoms with E-state index < -0.39 is 11.9 Å². The fourth-order valence-electron chi connectivity index (χ4n) is 1.62. The number of rotatable bonds is 6. The summed E-state index contributed by atoms with van der Waals surface area (Å²) >= 11 is 0. The topological polar surface area (TPSA) is 61.8 Å². The van der Waals surface area contributed by atoms with Crippen LogP contribution in [-0.4, -0.2) is 32.3 Å². The lowest BCUT2D eigenvalue weighted by atomic mass is 10.0. The highest BCUT2D eigenvalue weighted by molar-refractivity contribution is 5.94. The third kappa shape index (κ3) is 4.06. The Bertz CT molecular complexity index is 453. The van der Waals surface area contributed by atoms with E-state index in [2.05, 4.69) is 0 Å². The molecule has 1 aromatic carbocycles. The van der Waals surface area contributed by atoms with Crippen molar-refractivity contribution in [2.75, 3.05) is 20.3 Å². The van der Waals surface area contributed by atoms with Crippen LogP contribution in [0.4, 0.5) is 0 Å². The van der Waals surface area contributed by atoms with Crippen LogP contribution in [0.1, 0.15) is 40.1 Å². The SMILES string of the molecule is CCOC(=O)c1ccc(C(=O)OCC)c(COC)c1. The van der Waals surface area contributed by atoms with Crippen LogP contribution in [0.15, 0.2) is 18.2 Å². The lowest BCUT2D eigenvalue weighted by molar-refractivity contribution is 0.0507. The van der Waals surface area contributed by atoms with E-state index in [0.717, 1.165) is 0 Å². The minimum absolute atomic E-state index is 0.224. The van der Waals surface area contributed by atoms with Gasteiger partial charge in [0.25, 0.3) is 0 Å². The molecule has 0 amide bonds. The highest BCUT2D eigenvalue weighted by Gasteiger charge is 2.16. The molecule has 0 saturated carbocycles. The van der Waals surface area contributed by atoms with Crippen LogP contribution < -0.4 is 0 Å². The van der Waals surface area contributed by atoms with Crippen molar-refractivity contribution >= 4 is 11.9 Å². The first-order valence-corrected chi connectivity index (χ1v) is 6.10. The zero-order valence-electron chi connectivity index (χ0n) is 11.4. The van der Waals surface area contributed by atoms with E-state index in [1.165, 1.54) is 7.11 Å². The normalized spacial score (nSPS) is 10.1. The maximum Gasteiger partial charge on any atom is 0.338 e. The van der Waals surface area contributed by atoms with Gasteiger partial charge in [0, 0.05) is 7.11 Å². The predicted octanol–water partition coefficient (Wildman–Crippen LogP) is 2.19. The summed E-state index contributed by atoms with van der Waals surface area (Å²) in [6, 6.07) is 4.69. The molecule has 5 heteroatoms. The molecule has 0 spiro atoms. The van der Waals surface area contributed by atoms with E-state index in [9.17, 15) is 9.59 Å². The van der Waals surface area contributed by atoms with Gasteiger partial charge in [0.05, 0.1) is 30.9 Å². The summed E-state index contributed by atoms with van der Waals surface area (Å²) in [6.07, 6.45) is 0. The van der Waals surface area contributed by atoms with Crippen molar-refractivity contribution in [1.29, 1.82) is 0 Å². The Hall–Kier alpha value is -1.88. The number of benzene rings is 1. The lowest BCUT2D eigenvalue weighted by Gasteiger charge is -2.10. The molecule has 19 heavy (non-hydrogen) atoms. The molecule has 0 heterocycles. The van der Waals surface area contributed by atoms with Crippen molar-refractivity contribution in [3.8, 4) is 0 Å². The van der Waals surface area contributed by atoms with Crippen molar-refractivity contribution in [2.24, 2.45) is 0 Å². The van der Waals surface area contributed by atoms with Crippen molar-refractivity contribution in [1.82, 2.24) is 0 Å². The number of ether oxygens (including phenoxy) is 3. The Morgan fingerprint density at radius 3 is 2.26 bits per heavy atom. The van der Waals surface area contributed by atoms with Crippen molar-refractivity contribution < 1.29 is 23.8 Å². The molecule has 1 rings (SSSR count). The summed E-state index contributed by atoms with van der Waals surface area (Å²) < 4.78 is 14.9. The molecule has 0 saturated heterocycles. The van der Waals surface area contributed by atoms with Gasteiger partial charge in [-0.05, 0) is 37.6 Å². The molecule has 0 bridgehead atoms. The molecule has 0 radical (unpaired) electrons. The summed E-state index contributed by atoms with van der Waals surface area (Å²) in [5.41, 5.74) is 1.39. The number of hydrogen-bond acceptors (Lipinski definition) is 5. The van der Waals surface area contributed by atoms with Gasteiger partial charge in [-0.2, -0.15) is 0 Å². The second kappa shape index (κ2) is 7.53. The molecule has 1 aromatic rings. The maximum absolute atomic E-state index is 11.8. The molecule has 0 aliphatic rings. The standard InChI is InChI=1S/C14H18O5/c1-4-18-13(15)10-6-7-12(14(16)19-5-2)11(8-10)9-17-3/h6-8H,4-5,9H2,1-3H3. The van der Waals surface area contributed by atoms with Crippen LogP contribution in [0.5, 0.6) is 0 Å². The van der Waals surface area contributed by atoms with Crippen LogP contribution in [-0.2, 0) is 20.8 Å². The van der Waals surface area contributed by atoms with Gasteiger partial charge in [0.1, 0.15) is 0 Å². The number of methoxy groups -OCH3 is 1. The molecule has 0 fully saturated rings. The predicted molar refractivity (Wildman–Crippen MR) is 69.1 cm³/mol. The second-order valence-electron chi connectivity index (χ2n) is 3.75. The maximum atomic E-state index is 11.8. The highest BCUT2D eigenvalue weighted by Crippen LogP contribution is 2.15. The van der Waals surface area contributed by atoms with Gasteiger partial charge in [0.15, 0.2) is 0 Å². The molecule has 0 N–H and O–H groups in total. The molecule has 0 atom stereocenters. The lowest BCUT2D eigenvalue weighted by Crippen LogP contribution is -2.11. The van der Waals surface area contributed by atoms with Crippen LogP contribution in [0, 0.1) is 0 Å². The van der Waals surface area contributed by atoms with Crippen LogP contribution in [0.25, 0.3) is 0 Å². The average Bonchev–Trinajstić information content (AvgIpc) is 2.39. The van der Waals surface area contributed by atoms with Gasteiger partial charge in [0.2, 0.25) is 0 Å². The Kier molecular flexibility index (Phi) is 6.02. The summed E-state index contributed by atoms with van der Waals surface area (Å²) in [4.78, 5) is 23.4. The Morgan fingerprint density at radius 2 is 1.68 bits per heavy atom. The molecular formula is C14H18O5. The summed E-state index contributed by atoms with van der Waals surface area (Å²) in [6.45, 7) is 4.30. The first-order chi connectivity index (χ1) is 9.13. The zero-order chi connectivity index (χ0) is 14.3. The van der Waals surface area contributed by atoms with Crippen molar-refractivity contribution in [3.05, 3.63) is 34.9 Å². The van der Waals surface area contributed by atoms with E-state index >= 15 is 0 Å². The molecule has 5 nitrogen and oxygen atoms in total. The minimum Gasteiger partial charge on any atom is -0.462 e. The Balaban J connectivity index is 3.06. The van der Waals surface area contributed by atoms with E-state index in [1.54, 1.807) is 32.0 Å². The molecule has 0 unspecified atom stereocenters.